The fourth-order valence-electron chi connectivity index (χ4n) is 1.08. The van der Waals surface area contributed by atoms with Gasteiger partial charge in [-0.25, -0.2) is 0 Å². The Morgan fingerprint density at radius 2 is 2.43 bits per heavy atom. The lowest BCUT2D eigenvalue weighted by Gasteiger charge is -2.14. The summed E-state index contributed by atoms with van der Waals surface area (Å²) in [6, 6.07) is 1.98. The lowest BCUT2D eigenvalue weighted by molar-refractivity contribution is 0.0507. The molecule has 0 radical (unpaired) electrons. The van der Waals surface area contributed by atoms with Crippen molar-refractivity contribution in [1.82, 2.24) is 0 Å². The largest absolute Gasteiger partial charge is 0.396 e. The van der Waals surface area contributed by atoms with Gasteiger partial charge in [0.05, 0.1) is 0 Å². The number of aliphatic hydroxyl groups excluding tert-OH is 1. The molecule has 1 heterocycles. The molecule has 0 saturated carbocycles. The summed E-state index contributed by atoms with van der Waals surface area (Å²) >= 11 is 5.07. The van der Waals surface area contributed by atoms with Crippen molar-refractivity contribution in [1.29, 1.82) is 0 Å². The zero-order chi connectivity index (χ0) is 10.4. The van der Waals surface area contributed by atoms with Gasteiger partial charge in [0.1, 0.15) is 6.10 Å². The van der Waals surface area contributed by atoms with Crippen molar-refractivity contribution in [2.45, 2.75) is 12.5 Å². The van der Waals surface area contributed by atoms with Crippen LogP contribution in [-0.4, -0.2) is 24.9 Å². The summed E-state index contributed by atoms with van der Waals surface area (Å²) in [4.78, 5) is 1.12. The number of aliphatic hydroxyl groups is 1. The van der Waals surface area contributed by atoms with Gasteiger partial charge in [-0.3, -0.25) is 0 Å². The molecule has 0 aliphatic carbocycles. The summed E-state index contributed by atoms with van der Waals surface area (Å²) in [6.45, 7) is 1.16. The summed E-state index contributed by atoms with van der Waals surface area (Å²) in [5.74, 6) is 0. The van der Waals surface area contributed by atoms with Crippen LogP contribution in [0.15, 0.2) is 15.9 Å². The summed E-state index contributed by atoms with van der Waals surface area (Å²) in [7, 11) is 0. The Hall–Kier alpha value is 0.0600. The number of rotatable bonds is 6. The highest BCUT2D eigenvalue weighted by atomic mass is 79.9. The van der Waals surface area contributed by atoms with Gasteiger partial charge in [0.25, 0.3) is 0 Å². The maximum atomic E-state index is 8.62. The van der Waals surface area contributed by atoms with E-state index in [1.165, 1.54) is 0 Å². The molecule has 0 saturated heterocycles. The molecule has 0 aliphatic rings. The van der Waals surface area contributed by atoms with Crippen molar-refractivity contribution >= 4 is 27.3 Å². The van der Waals surface area contributed by atoms with Gasteiger partial charge < -0.3 is 15.6 Å². The van der Waals surface area contributed by atoms with E-state index in [0.717, 1.165) is 9.35 Å². The van der Waals surface area contributed by atoms with E-state index in [-0.39, 0.29) is 12.7 Å². The minimum absolute atomic E-state index is 0.0593. The number of nitrogens with two attached hydrogens (primary N) is 1. The third-order valence-corrected chi connectivity index (χ3v) is 3.74. The van der Waals surface area contributed by atoms with Gasteiger partial charge in [0.15, 0.2) is 0 Å². The van der Waals surface area contributed by atoms with E-state index in [1.807, 2.05) is 11.4 Å². The van der Waals surface area contributed by atoms with E-state index in [0.29, 0.717) is 19.6 Å². The first-order valence-electron chi connectivity index (χ1n) is 4.45. The van der Waals surface area contributed by atoms with Crippen LogP contribution in [0, 0.1) is 0 Å². The lowest BCUT2D eigenvalue weighted by Crippen LogP contribution is -2.16. The van der Waals surface area contributed by atoms with Crippen molar-refractivity contribution < 1.29 is 9.84 Å². The lowest BCUT2D eigenvalue weighted by atomic mass is 10.3. The second kappa shape index (κ2) is 6.53. The minimum atomic E-state index is -0.0593. The van der Waals surface area contributed by atoms with Gasteiger partial charge in [-0.1, -0.05) is 0 Å². The average Bonchev–Trinajstić information content (AvgIpc) is 2.60. The minimum Gasteiger partial charge on any atom is -0.396 e. The molecule has 0 spiro atoms. The van der Waals surface area contributed by atoms with Crippen LogP contribution < -0.4 is 5.73 Å². The number of thiophene rings is 1. The second-order valence-corrected chi connectivity index (χ2v) is 4.61. The third kappa shape index (κ3) is 3.33. The first-order chi connectivity index (χ1) is 6.79. The molecule has 0 bridgehead atoms. The number of hydrogen-bond acceptors (Lipinski definition) is 4. The predicted octanol–water partition coefficient (Wildman–Crippen LogP) is 1.91. The van der Waals surface area contributed by atoms with Crippen molar-refractivity contribution in [3.8, 4) is 0 Å². The SMILES string of the molecule is NCC(OCCCO)c1sccc1Br. The van der Waals surface area contributed by atoms with Crippen molar-refractivity contribution in [2.75, 3.05) is 19.8 Å². The maximum Gasteiger partial charge on any atom is 0.105 e. The van der Waals surface area contributed by atoms with E-state index >= 15 is 0 Å². The van der Waals surface area contributed by atoms with Gasteiger partial charge in [-0.05, 0) is 33.8 Å². The molecule has 14 heavy (non-hydrogen) atoms. The average molecular weight is 280 g/mol. The Bertz CT molecular complexity index is 267. The van der Waals surface area contributed by atoms with E-state index in [9.17, 15) is 0 Å². The van der Waals surface area contributed by atoms with Gasteiger partial charge >= 0.3 is 0 Å². The third-order valence-electron chi connectivity index (χ3n) is 1.77. The highest BCUT2D eigenvalue weighted by molar-refractivity contribution is 9.10. The van der Waals surface area contributed by atoms with Gasteiger partial charge in [-0.15, -0.1) is 11.3 Å². The van der Waals surface area contributed by atoms with E-state index in [2.05, 4.69) is 15.9 Å². The molecule has 3 nitrogen and oxygen atoms in total. The molecule has 1 atom stereocenters. The molecule has 1 aromatic rings. The molecule has 0 aliphatic heterocycles. The van der Waals surface area contributed by atoms with Crippen LogP contribution >= 0.6 is 27.3 Å². The fourth-order valence-corrected chi connectivity index (χ4v) is 2.77. The Kier molecular flexibility index (Phi) is 5.66. The van der Waals surface area contributed by atoms with E-state index < -0.39 is 0 Å². The molecular weight excluding hydrogens is 266 g/mol. The summed E-state index contributed by atoms with van der Waals surface area (Å²) in [5.41, 5.74) is 5.61. The molecular formula is C9H14BrNO2S. The number of ether oxygens (including phenoxy) is 1. The Morgan fingerprint density at radius 1 is 1.64 bits per heavy atom. The van der Waals surface area contributed by atoms with Crippen LogP contribution in [-0.2, 0) is 4.74 Å². The molecule has 3 N–H and O–H groups in total. The molecule has 0 aromatic carbocycles. The summed E-state index contributed by atoms with van der Waals surface area (Å²) in [5, 5.41) is 10.6. The van der Waals surface area contributed by atoms with Crippen LogP contribution in [0.25, 0.3) is 0 Å². The summed E-state index contributed by atoms with van der Waals surface area (Å²) < 4.78 is 6.60. The van der Waals surface area contributed by atoms with Crippen LogP contribution in [0.3, 0.4) is 0 Å². The van der Waals surface area contributed by atoms with Crippen LogP contribution in [0.5, 0.6) is 0 Å². The van der Waals surface area contributed by atoms with Gasteiger partial charge in [0.2, 0.25) is 0 Å². The highest BCUT2D eigenvalue weighted by Crippen LogP contribution is 2.30. The first-order valence-corrected chi connectivity index (χ1v) is 6.12. The second-order valence-electron chi connectivity index (χ2n) is 2.81. The molecule has 0 amide bonds. The van der Waals surface area contributed by atoms with Crippen LogP contribution in [0.1, 0.15) is 17.4 Å². The fraction of sp³-hybridized carbons (Fsp3) is 0.556. The van der Waals surface area contributed by atoms with E-state index in [1.54, 1.807) is 11.3 Å². The Labute approximate surface area is 96.0 Å². The van der Waals surface area contributed by atoms with E-state index in [4.69, 9.17) is 15.6 Å². The Balaban J connectivity index is 2.50. The zero-order valence-electron chi connectivity index (χ0n) is 7.78. The van der Waals surface area contributed by atoms with Crippen molar-refractivity contribution in [3.63, 3.8) is 0 Å². The predicted molar refractivity (Wildman–Crippen MR) is 61.5 cm³/mol. The van der Waals surface area contributed by atoms with Gasteiger partial charge in [0, 0.05) is 29.1 Å². The zero-order valence-corrected chi connectivity index (χ0v) is 10.2. The first kappa shape index (κ1) is 12.1. The maximum absolute atomic E-state index is 8.62. The summed E-state index contributed by atoms with van der Waals surface area (Å²) in [6.07, 6.45) is 0.593. The molecule has 1 unspecified atom stereocenters. The molecule has 5 heteroatoms. The molecule has 1 aromatic heterocycles. The normalized spacial score (nSPS) is 13.1. The quantitative estimate of drug-likeness (QED) is 0.783. The van der Waals surface area contributed by atoms with Crippen LogP contribution in [0.4, 0.5) is 0 Å². The monoisotopic (exact) mass is 279 g/mol. The Morgan fingerprint density at radius 3 is 2.93 bits per heavy atom. The molecule has 80 valence electrons. The van der Waals surface area contributed by atoms with Crippen molar-refractivity contribution in [2.24, 2.45) is 5.73 Å². The highest BCUT2D eigenvalue weighted by Gasteiger charge is 2.14. The number of hydrogen-bond donors (Lipinski definition) is 2. The molecule has 1 rings (SSSR count). The standard InChI is InChI=1S/C9H14BrNO2S/c10-7-2-5-14-9(7)8(6-11)13-4-1-3-12/h2,5,8,12H,1,3-4,6,11H2. The molecule has 0 fully saturated rings. The van der Waals surface area contributed by atoms with Crippen LogP contribution in [0.2, 0.25) is 0 Å². The van der Waals surface area contributed by atoms with Gasteiger partial charge in [-0.2, -0.15) is 0 Å². The van der Waals surface area contributed by atoms with Crippen molar-refractivity contribution in [3.05, 3.63) is 20.8 Å². The smallest absolute Gasteiger partial charge is 0.105 e. The topological polar surface area (TPSA) is 55.5 Å². The number of halogens is 1.